The molecular weight excluding hydrogens is 208 g/mol. The molecule has 0 aliphatic heterocycles. The highest BCUT2D eigenvalue weighted by Gasteiger charge is 2.23. The number of carbonyl (C=O) groups is 1. The van der Waals surface area contributed by atoms with Crippen LogP contribution in [0.2, 0.25) is 0 Å². The summed E-state index contributed by atoms with van der Waals surface area (Å²) in [6, 6.07) is 0. The van der Waals surface area contributed by atoms with Gasteiger partial charge in [-0.3, -0.25) is 0 Å². The average molecular weight is 226 g/mol. The first kappa shape index (κ1) is 12.6. The fraction of sp³-hybridized carbons (Fsp3) is 0.700. The molecule has 90 valence electrons. The maximum Gasteiger partial charge on any atom is 0.361 e. The Morgan fingerprint density at radius 2 is 2.12 bits per heavy atom. The largest absolute Gasteiger partial charge is 0.455 e. The number of carbonyl (C=O) groups excluding carboxylic acids is 1. The van der Waals surface area contributed by atoms with Gasteiger partial charge in [0, 0.05) is 6.54 Å². The minimum Gasteiger partial charge on any atom is -0.455 e. The summed E-state index contributed by atoms with van der Waals surface area (Å²) in [5.41, 5.74) is 5.82. The topological polar surface area (TPSA) is 83.0 Å². The normalized spacial score (nSPS) is 11.6. The molecule has 6 nitrogen and oxygen atoms in total. The van der Waals surface area contributed by atoms with Gasteiger partial charge in [0.1, 0.15) is 5.60 Å². The van der Waals surface area contributed by atoms with Gasteiger partial charge in [-0.1, -0.05) is 5.21 Å². The molecular formula is C10H18N4O2. The van der Waals surface area contributed by atoms with Crippen molar-refractivity contribution >= 4 is 5.97 Å². The summed E-state index contributed by atoms with van der Waals surface area (Å²) in [5.74, 6) is -0.451. The van der Waals surface area contributed by atoms with Crippen LogP contribution >= 0.6 is 0 Å². The Bertz CT molecular complexity index is 379. The molecule has 0 atom stereocenters. The molecule has 1 heterocycles. The van der Waals surface area contributed by atoms with Crippen molar-refractivity contribution < 1.29 is 9.53 Å². The molecule has 0 amide bonds. The molecule has 0 radical (unpaired) electrons. The molecule has 0 aliphatic carbocycles. The van der Waals surface area contributed by atoms with Crippen molar-refractivity contribution in [2.24, 2.45) is 5.73 Å². The third kappa shape index (κ3) is 3.03. The predicted octanol–water partition coefficient (Wildman–Crippen LogP) is 0.501. The molecule has 1 aromatic heterocycles. The van der Waals surface area contributed by atoms with Gasteiger partial charge in [-0.2, -0.15) is 0 Å². The van der Waals surface area contributed by atoms with E-state index in [2.05, 4.69) is 10.3 Å². The van der Waals surface area contributed by atoms with Gasteiger partial charge in [0.2, 0.25) is 0 Å². The molecule has 0 saturated carbocycles. The van der Waals surface area contributed by atoms with E-state index in [0.29, 0.717) is 18.8 Å². The Morgan fingerprint density at radius 3 is 2.62 bits per heavy atom. The van der Waals surface area contributed by atoms with Crippen molar-refractivity contribution in [1.82, 2.24) is 15.0 Å². The van der Waals surface area contributed by atoms with Gasteiger partial charge in [0.05, 0.1) is 12.2 Å². The van der Waals surface area contributed by atoms with Crippen LogP contribution in [0, 0.1) is 6.92 Å². The molecule has 0 saturated heterocycles. The predicted molar refractivity (Wildman–Crippen MR) is 59.0 cm³/mol. The summed E-state index contributed by atoms with van der Waals surface area (Å²) >= 11 is 0. The second-order valence-corrected chi connectivity index (χ2v) is 4.54. The maximum absolute atomic E-state index is 11.7. The van der Waals surface area contributed by atoms with Crippen molar-refractivity contribution in [3.05, 3.63) is 11.4 Å². The van der Waals surface area contributed by atoms with Crippen LogP contribution in [0.15, 0.2) is 0 Å². The Morgan fingerprint density at radius 1 is 1.50 bits per heavy atom. The second-order valence-electron chi connectivity index (χ2n) is 4.54. The Kier molecular flexibility index (Phi) is 3.64. The first-order valence-corrected chi connectivity index (χ1v) is 5.18. The lowest BCUT2D eigenvalue weighted by atomic mass is 10.2. The quantitative estimate of drug-likeness (QED) is 0.759. The minimum atomic E-state index is -0.527. The standard InChI is InChI=1S/C10H18N4O2/c1-7-8(9(15)16-10(2,3)4)12-13-14(7)6-5-11/h5-6,11H2,1-4H3. The molecule has 0 bridgehead atoms. The second kappa shape index (κ2) is 4.61. The summed E-state index contributed by atoms with van der Waals surface area (Å²) < 4.78 is 6.81. The molecule has 6 heteroatoms. The van der Waals surface area contributed by atoms with E-state index >= 15 is 0 Å². The van der Waals surface area contributed by atoms with Crippen molar-refractivity contribution in [1.29, 1.82) is 0 Å². The molecule has 1 rings (SSSR count). The van der Waals surface area contributed by atoms with E-state index in [-0.39, 0.29) is 5.69 Å². The van der Waals surface area contributed by atoms with Crippen LogP contribution in [0.1, 0.15) is 37.0 Å². The van der Waals surface area contributed by atoms with Gasteiger partial charge < -0.3 is 10.5 Å². The number of esters is 1. The molecule has 0 aromatic carbocycles. The van der Waals surface area contributed by atoms with Gasteiger partial charge in [-0.25, -0.2) is 9.48 Å². The zero-order valence-electron chi connectivity index (χ0n) is 10.1. The summed E-state index contributed by atoms with van der Waals surface area (Å²) in [4.78, 5) is 11.7. The van der Waals surface area contributed by atoms with Gasteiger partial charge in [-0.15, -0.1) is 5.10 Å². The molecule has 0 aliphatic rings. The first-order valence-electron chi connectivity index (χ1n) is 5.18. The summed E-state index contributed by atoms with van der Waals surface area (Å²) in [6.45, 7) is 8.20. The van der Waals surface area contributed by atoms with Crippen LogP contribution in [0.4, 0.5) is 0 Å². The van der Waals surface area contributed by atoms with Crippen LogP contribution in [0.3, 0.4) is 0 Å². The summed E-state index contributed by atoms with van der Waals surface area (Å²) in [7, 11) is 0. The number of hydrogen-bond donors (Lipinski definition) is 1. The third-order valence-corrected chi connectivity index (χ3v) is 1.92. The maximum atomic E-state index is 11.7. The van der Waals surface area contributed by atoms with E-state index in [1.54, 1.807) is 11.6 Å². The Labute approximate surface area is 94.8 Å². The van der Waals surface area contributed by atoms with Gasteiger partial charge in [0.15, 0.2) is 5.69 Å². The summed E-state index contributed by atoms with van der Waals surface area (Å²) in [5, 5.41) is 7.64. The highest BCUT2D eigenvalue weighted by Crippen LogP contribution is 2.12. The zero-order valence-corrected chi connectivity index (χ0v) is 10.1. The molecule has 0 unspecified atom stereocenters. The van der Waals surface area contributed by atoms with Gasteiger partial charge in [0.25, 0.3) is 0 Å². The molecule has 0 spiro atoms. The number of nitrogens with zero attached hydrogens (tertiary/aromatic N) is 3. The van der Waals surface area contributed by atoms with Crippen LogP contribution in [-0.4, -0.2) is 33.1 Å². The number of hydrogen-bond acceptors (Lipinski definition) is 5. The molecule has 0 fully saturated rings. The van der Waals surface area contributed by atoms with E-state index in [1.165, 1.54) is 0 Å². The fourth-order valence-electron chi connectivity index (χ4n) is 1.21. The Hall–Kier alpha value is -1.43. The van der Waals surface area contributed by atoms with E-state index in [9.17, 15) is 4.79 Å². The third-order valence-electron chi connectivity index (χ3n) is 1.92. The number of aromatic nitrogens is 3. The fourth-order valence-corrected chi connectivity index (χ4v) is 1.21. The smallest absolute Gasteiger partial charge is 0.361 e. The van der Waals surface area contributed by atoms with Gasteiger partial charge >= 0.3 is 5.97 Å². The molecule has 2 N–H and O–H groups in total. The van der Waals surface area contributed by atoms with Crippen molar-refractivity contribution in [3.8, 4) is 0 Å². The number of rotatable bonds is 3. The van der Waals surface area contributed by atoms with E-state index in [4.69, 9.17) is 10.5 Å². The van der Waals surface area contributed by atoms with Crippen molar-refractivity contribution in [3.63, 3.8) is 0 Å². The van der Waals surface area contributed by atoms with E-state index in [1.807, 2.05) is 20.8 Å². The molecule has 16 heavy (non-hydrogen) atoms. The molecule has 1 aromatic rings. The van der Waals surface area contributed by atoms with Crippen LogP contribution in [-0.2, 0) is 11.3 Å². The van der Waals surface area contributed by atoms with Crippen molar-refractivity contribution in [2.45, 2.75) is 39.8 Å². The number of nitrogens with two attached hydrogens (primary N) is 1. The van der Waals surface area contributed by atoms with E-state index < -0.39 is 11.6 Å². The lowest BCUT2D eigenvalue weighted by Crippen LogP contribution is -2.24. The monoisotopic (exact) mass is 226 g/mol. The Balaban J connectivity index is 2.84. The van der Waals surface area contributed by atoms with Gasteiger partial charge in [-0.05, 0) is 27.7 Å². The van der Waals surface area contributed by atoms with E-state index in [0.717, 1.165) is 0 Å². The minimum absolute atomic E-state index is 0.253. The average Bonchev–Trinajstić information content (AvgIpc) is 2.46. The first-order chi connectivity index (χ1) is 7.35. The van der Waals surface area contributed by atoms with Crippen LogP contribution in [0.25, 0.3) is 0 Å². The zero-order chi connectivity index (χ0) is 12.3. The number of ether oxygens (including phenoxy) is 1. The highest BCUT2D eigenvalue weighted by molar-refractivity contribution is 5.88. The van der Waals surface area contributed by atoms with Crippen LogP contribution in [0.5, 0.6) is 0 Å². The lowest BCUT2D eigenvalue weighted by Gasteiger charge is -2.18. The highest BCUT2D eigenvalue weighted by atomic mass is 16.6. The van der Waals surface area contributed by atoms with Crippen LogP contribution < -0.4 is 5.73 Å². The van der Waals surface area contributed by atoms with Crippen molar-refractivity contribution in [2.75, 3.05) is 6.54 Å². The summed E-state index contributed by atoms with van der Waals surface area (Å²) in [6.07, 6.45) is 0. The SMILES string of the molecule is Cc1c(C(=O)OC(C)(C)C)nnn1CCN. The lowest BCUT2D eigenvalue weighted by molar-refractivity contribution is 0.00619.